The highest BCUT2D eigenvalue weighted by Crippen LogP contribution is 2.30. The second-order valence-corrected chi connectivity index (χ2v) is 7.49. The van der Waals surface area contributed by atoms with Gasteiger partial charge in [0.1, 0.15) is 16.8 Å². The number of aromatic nitrogens is 1. The Kier molecular flexibility index (Phi) is 7.01. The van der Waals surface area contributed by atoms with Crippen molar-refractivity contribution in [2.45, 2.75) is 39.0 Å². The first-order valence-electron chi connectivity index (χ1n) is 9.51. The lowest BCUT2D eigenvalue weighted by Gasteiger charge is -2.09. The zero-order chi connectivity index (χ0) is 18.9. The molecule has 0 aliphatic rings. The van der Waals surface area contributed by atoms with Crippen LogP contribution in [-0.4, -0.2) is 11.6 Å². The van der Waals surface area contributed by atoms with Crippen molar-refractivity contribution < 1.29 is 4.74 Å². The average molecular weight is 377 g/mol. The minimum absolute atomic E-state index is 0.565. The van der Waals surface area contributed by atoms with E-state index in [-0.39, 0.29) is 0 Å². The highest BCUT2D eigenvalue weighted by Gasteiger charge is 2.10. The third-order valence-electron chi connectivity index (χ3n) is 4.37. The van der Waals surface area contributed by atoms with Gasteiger partial charge in [-0.05, 0) is 30.7 Å². The van der Waals surface area contributed by atoms with Gasteiger partial charge in [0.05, 0.1) is 22.4 Å². The first kappa shape index (κ1) is 19.1. The number of allylic oxidation sites excluding steroid dienone is 1. The summed E-state index contributed by atoms with van der Waals surface area (Å²) in [6.07, 6.45) is 7.92. The van der Waals surface area contributed by atoms with E-state index < -0.39 is 0 Å². The van der Waals surface area contributed by atoms with Gasteiger partial charge >= 0.3 is 0 Å². The first-order valence-corrected chi connectivity index (χ1v) is 10.3. The number of unbranched alkanes of at least 4 members (excludes halogenated alkanes) is 4. The smallest absolute Gasteiger partial charge is 0.135 e. The fourth-order valence-corrected chi connectivity index (χ4v) is 3.84. The molecule has 3 aromatic rings. The van der Waals surface area contributed by atoms with Crippen molar-refractivity contribution in [3.05, 3.63) is 59.1 Å². The molecule has 0 saturated carbocycles. The summed E-state index contributed by atoms with van der Waals surface area (Å²) in [4.78, 5) is 4.60. The predicted octanol–water partition coefficient (Wildman–Crippen LogP) is 6.71. The minimum atomic E-state index is 0.565. The molecule has 138 valence electrons. The summed E-state index contributed by atoms with van der Waals surface area (Å²) in [7, 11) is 0. The number of hydrogen-bond donors (Lipinski definition) is 0. The second kappa shape index (κ2) is 9.89. The molecule has 0 N–H and O–H groups in total. The monoisotopic (exact) mass is 376 g/mol. The molecule has 1 heterocycles. The zero-order valence-corrected chi connectivity index (χ0v) is 16.5. The van der Waals surface area contributed by atoms with E-state index in [0.717, 1.165) is 33.0 Å². The molecule has 0 aliphatic carbocycles. The summed E-state index contributed by atoms with van der Waals surface area (Å²) >= 11 is 1.54. The summed E-state index contributed by atoms with van der Waals surface area (Å²) in [6, 6.07) is 18.1. The largest absolute Gasteiger partial charge is 0.493 e. The highest BCUT2D eigenvalue weighted by molar-refractivity contribution is 7.19. The Morgan fingerprint density at radius 1 is 1.07 bits per heavy atom. The Labute approximate surface area is 164 Å². The molecule has 0 fully saturated rings. The Balaban J connectivity index is 1.75. The van der Waals surface area contributed by atoms with Crippen LogP contribution >= 0.6 is 11.3 Å². The fraction of sp³-hybridized carbons (Fsp3) is 0.304. The molecule has 3 nitrogen and oxygen atoms in total. The van der Waals surface area contributed by atoms with Crippen LogP contribution in [0.4, 0.5) is 0 Å². The van der Waals surface area contributed by atoms with Gasteiger partial charge in [0.15, 0.2) is 0 Å². The lowest BCUT2D eigenvalue weighted by molar-refractivity contribution is 0.304. The number of fused-ring (bicyclic) bond motifs is 1. The van der Waals surface area contributed by atoms with Crippen molar-refractivity contribution in [1.82, 2.24) is 4.98 Å². The van der Waals surface area contributed by atoms with Crippen LogP contribution in [0.2, 0.25) is 0 Å². The number of benzene rings is 2. The predicted molar refractivity (Wildman–Crippen MR) is 114 cm³/mol. The number of ether oxygens (including phenoxy) is 1. The van der Waals surface area contributed by atoms with Crippen molar-refractivity contribution in [3.63, 3.8) is 0 Å². The quantitative estimate of drug-likeness (QED) is 0.308. The molecular formula is C23H24N2OS. The number of nitriles is 1. The molecule has 0 radical (unpaired) electrons. The van der Waals surface area contributed by atoms with Crippen LogP contribution in [0.25, 0.3) is 21.9 Å². The number of thiazole rings is 1. The van der Waals surface area contributed by atoms with Crippen molar-refractivity contribution >= 4 is 33.2 Å². The van der Waals surface area contributed by atoms with Crippen LogP contribution in [0, 0.1) is 11.3 Å². The van der Waals surface area contributed by atoms with E-state index in [1.165, 1.54) is 25.7 Å². The van der Waals surface area contributed by atoms with E-state index in [1.54, 1.807) is 11.3 Å². The number of rotatable bonds is 9. The molecule has 0 aliphatic heterocycles. The Morgan fingerprint density at radius 3 is 2.67 bits per heavy atom. The van der Waals surface area contributed by atoms with E-state index in [0.29, 0.717) is 12.2 Å². The van der Waals surface area contributed by atoms with Crippen LogP contribution in [0.1, 0.15) is 49.6 Å². The summed E-state index contributed by atoms with van der Waals surface area (Å²) in [5.41, 5.74) is 2.41. The van der Waals surface area contributed by atoms with Gasteiger partial charge in [0.25, 0.3) is 0 Å². The van der Waals surface area contributed by atoms with Crippen LogP contribution in [0.15, 0.2) is 48.5 Å². The molecule has 0 unspecified atom stereocenters. The topological polar surface area (TPSA) is 45.9 Å². The summed E-state index contributed by atoms with van der Waals surface area (Å²) in [6.45, 7) is 2.93. The van der Waals surface area contributed by atoms with Gasteiger partial charge in [-0.25, -0.2) is 4.98 Å². The molecule has 0 bridgehead atoms. The molecule has 0 saturated heterocycles. The van der Waals surface area contributed by atoms with E-state index in [1.807, 2.05) is 54.6 Å². The number of para-hydroxylation sites is 2. The van der Waals surface area contributed by atoms with E-state index in [4.69, 9.17) is 4.74 Å². The van der Waals surface area contributed by atoms with E-state index in [9.17, 15) is 5.26 Å². The molecule has 1 aromatic heterocycles. The number of hydrogen-bond acceptors (Lipinski definition) is 4. The maximum Gasteiger partial charge on any atom is 0.135 e. The molecule has 0 spiro atoms. The zero-order valence-electron chi connectivity index (χ0n) is 15.6. The van der Waals surface area contributed by atoms with Crippen molar-refractivity contribution in [2.24, 2.45) is 0 Å². The normalized spacial score (nSPS) is 11.5. The summed E-state index contributed by atoms with van der Waals surface area (Å²) in [5, 5.41) is 10.4. The van der Waals surface area contributed by atoms with Crippen molar-refractivity contribution in [1.29, 1.82) is 5.26 Å². The lowest BCUT2D eigenvalue weighted by Crippen LogP contribution is -1.99. The molecular weight excluding hydrogens is 352 g/mol. The van der Waals surface area contributed by atoms with Crippen molar-refractivity contribution in [2.75, 3.05) is 6.61 Å². The van der Waals surface area contributed by atoms with Gasteiger partial charge < -0.3 is 4.74 Å². The highest BCUT2D eigenvalue weighted by atomic mass is 32.1. The van der Waals surface area contributed by atoms with Crippen molar-refractivity contribution in [3.8, 4) is 11.8 Å². The van der Waals surface area contributed by atoms with Crippen LogP contribution in [0.5, 0.6) is 5.75 Å². The van der Waals surface area contributed by atoms with Gasteiger partial charge in [-0.3, -0.25) is 0 Å². The van der Waals surface area contributed by atoms with Gasteiger partial charge in [-0.2, -0.15) is 5.26 Å². The summed E-state index contributed by atoms with van der Waals surface area (Å²) < 4.78 is 7.07. The maximum absolute atomic E-state index is 9.66. The van der Waals surface area contributed by atoms with E-state index >= 15 is 0 Å². The Morgan fingerprint density at radius 2 is 1.85 bits per heavy atom. The lowest BCUT2D eigenvalue weighted by atomic mass is 10.1. The number of nitrogens with zero attached hydrogens (tertiary/aromatic N) is 2. The van der Waals surface area contributed by atoms with Crippen LogP contribution < -0.4 is 4.74 Å². The molecule has 0 amide bonds. The molecule has 27 heavy (non-hydrogen) atoms. The van der Waals surface area contributed by atoms with Crippen LogP contribution in [0.3, 0.4) is 0 Å². The SMILES string of the molecule is CCCCCCCOc1ccccc1/C=C(/C#N)c1nc2ccccc2s1. The van der Waals surface area contributed by atoms with Gasteiger partial charge in [-0.15, -0.1) is 11.3 Å². The third kappa shape index (κ3) is 5.18. The Bertz CT molecular complexity index is 919. The van der Waals surface area contributed by atoms with Gasteiger partial charge in [0, 0.05) is 5.56 Å². The molecule has 4 heteroatoms. The van der Waals surface area contributed by atoms with Crippen LogP contribution in [-0.2, 0) is 0 Å². The third-order valence-corrected chi connectivity index (χ3v) is 5.44. The minimum Gasteiger partial charge on any atom is -0.493 e. The Hall–Kier alpha value is -2.64. The standard InChI is InChI=1S/C23H24N2OS/c1-2-3-4-5-10-15-26-21-13-8-6-11-18(21)16-19(17-24)23-25-20-12-7-9-14-22(20)27-23/h6-9,11-14,16H,2-5,10,15H2,1H3/b19-16-. The molecule has 0 atom stereocenters. The second-order valence-electron chi connectivity index (χ2n) is 6.46. The molecule has 2 aromatic carbocycles. The van der Waals surface area contributed by atoms with Gasteiger partial charge in [0.2, 0.25) is 0 Å². The van der Waals surface area contributed by atoms with E-state index in [2.05, 4.69) is 18.0 Å². The summed E-state index contributed by atoms with van der Waals surface area (Å²) in [5.74, 6) is 0.821. The van der Waals surface area contributed by atoms with Gasteiger partial charge in [-0.1, -0.05) is 62.9 Å². The average Bonchev–Trinajstić information content (AvgIpc) is 3.13. The fourth-order valence-electron chi connectivity index (χ4n) is 2.90. The maximum atomic E-state index is 9.66. The first-order chi connectivity index (χ1) is 13.3. The molecule has 3 rings (SSSR count).